The molecule has 21 heavy (non-hydrogen) atoms. The number of benzene rings is 1. The summed E-state index contributed by atoms with van der Waals surface area (Å²) < 4.78 is 6.44. The minimum atomic E-state index is -0.994. The molecule has 0 radical (unpaired) electrons. The molecule has 1 N–H and O–H groups in total. The van der Waals surface area contributed by atoms with E-state index in [2.05, 4.69) is 22.0 Å². The first kappa shape index (κ1) is 17.3. The molecule has 5 heteroatoms. The molecule has 0 aliphatic heterocycles. The number of aliphatic carboxylic acids is 1. The first-order chi connectivity index (χ1) is 9.84. The third-order valence-electron chi connectivity index (χ3n) is 2.89. The topological polar surface area (TPSA) is 70.3 Å². The van der Waals surface area contributed by atoms with Crippen molar-refractivity contribution in [2.24, 2.45) is 5.41 Å². The van der Waals surface area contributed by atoms with Crippen LogP contribution in [0.4, 0.5) is 0 Å². The number of nitrogens with zero attached hydrogens (tertiary/aromatic N) is 1. The first-order valence-corrected chi connectivity index (χ1v) is 7.38. The predicted octanol–water partition coefficient (Wildman–Crippen LogP) is 4.26. The Balaban J connectivity index is 2.59. The SMILES string of the molecule is CC(C)(C#N)CCCOc1ccc(Br)c(/C=C/C(=O)O)c1. The van der Waals surface area contributed by atoms with Gasteiger partial charge >= 0.3 is 5.97 Å². The van der Waals surface area contributed by atoms with Crippen molar-refractivity contribution in [2.75, 3.05) is 6.61 Å². The normalized spacial score (nSPS) is 11.3. The first-order valence-electron chi connectivity index (χ1n) is 6.59. The van der Waals surface area contributed by atoms with Crippen molar-refractivity contribution in [1.82, 2.24) is 0 Å². The molecule has 0 saturated carbocycles. The number of carboxylic acids is 1. The van der Waals surface area contributed by atoms with E-state index in [1.54, 1.807) is 6.07 Å². The van der Waals surface area contributed by atoms with Gasteiger partial charge in [0.1, 0.15) is 5.75 Å². The highest BCUT2D eigenvalue weighted by Crippen LogP contribution is 2.25. The molecule has 112 valence electrons. The molecule has 0 atom stereocenters. The molecule has 4 nitrogen and oxygen atoms in total. The van der Waals surface area contributed by atoms with E-state index in [9.17, 15) is 4.79 Å². The quantitative estimate of drug-likeness (QED) is 0.588. The van der Waals surface area contributed by atoms with Crippen molar-refractivity contribution >= 4 is 28.0 Å². The number of hydrogen-bond acceptors (Lipinski definition) is 3. The monoisotopic (exact) mass is 351 g/mol. The van der Waals surface area contributed by atoms with Crippen molar-refractivity contribution in [1.29, 1.82) is 5.26 Å². The van der Waals surface area contributed by atoms with Gasteiger partial charge in [-0.05, 0) is 56.5 Å². The van der Waals surface area contributed by atoms with Crippen molar-refractivity contribution < 1.29 is 14.6 Å². The van der Waals surface area contributed by atoms with Gasteiger partial charge in [0.15, 0.2) is 0 Å². The average Bonchev–Trinajstić information content (AvgIpc) is 2.43. The summed E-state index contributed by atoms with van der Waals surface area (Å²) in [7, 11) is 0. The highest BCUT2D eigenvalue weighted by molar-refractivity contribution is 9.10. The van der Waals surface area contributed by atoms with Crippen LogP contribution in [-0.2, 0) is 4.79 Å². The number of halogens is 1. The molecule has 0 fully saturated rings. The number of carboxylic acid groups (broad SMARTS) is 1. The van der Waals surface area contributed by atoms with E-state index >= 15 is 0 Å². The standard InChI is InChI=1S/C16H18BrNO3/c1-16(2,11-18)8-3-9-21-13-5-6-14(17)12(10-13)4-7-15(19)20/h4-7,10H,3,8-9H2,1-2H3,(H,19,20)/b7-4+. The van der Waals surface area contributed by atoms with E-state index in [1.165, 1.54) is 6.08 Å². The molecule has 0 aliphatic rings. The van der Waals surface area contributed by atoms with E-state index in [0.717, 1.165) is 29.0 Å². The van der Waals surface area contributed by atoms with Gasteiger partial charge in [-0.25, -0.2) is 4.79 Å². The Labute approximate surface area is 133 Å². The molecule has 0 aromatic heterocycles. The zero-order valence-corrected chi connectivity index (χ0v) is 13.7. The molecular formula is C16H18BrNO3. The number of nitriles is 1. The number of carbonyl (C=O) groups is 1. The van der Waals surface area contributed by atoms with Gasteiger partial charge < -0.3 is 9.84 Å². The van der Waals surface area contributed by atoms with Gasteiger partial charge in [-0.15, -0.1) is 0 Å². The third kappa shape index (κ3) is 6.46. The zero-order valence-electron chi connectivity index (χ0n) is 12.1. The maximum Gasteiger partial charge on any atom is 0.328 e. The second-order valence-electron chi connectivity index (χ2n) is 5.30. The van der Waals surface area contributed by atoms with Gasteiger partial charge in [0.05, 0.1) is 18.1 Å². The van der Waals surface area contributed by atoms with Crippen molar-refractivity contribution in [2.45, 2.75) is 26.7 Å². The Morgan fingerprint density at radius 1 is 1.52 bits per heavy atom. The highest BCUT2D eigenvalue weighted by Gasteiger charge is 2.15. The maximum atomic E-state index is 10.5. The predicted molar refractivity (Wildman–Crippen MR) is 84.9 cm³/mol. The van der Waals surface area contributed by atoms with Crippen LogP contribution >= 0.6 is 15.9 Å². The molecule has 0 spiro atoms. The van der Waals surface area contributed by atoms with Gasteiger partial charge in [-0.3, -0.25) is 0 Å². The van der Waals surface area contributed by atoms with Crippen LogP contribution in [0.5, 0.6) is 5.75 Å². The Kier molecular flexibility index (Phi) is 6.44. The summed E-state index contributed by atoms with van der Waals surface area (Å²) in [5.41, 5.74) is 0.408. The fourth-order valence-corrected chi connectivity index (χ4v) is 2.04. The molecule has 1 rings (SSSR count). The van der Waals surface area contributed by atoms with Crippen LogP contribution in [0.1, 0.15) is 32.3 Å². The van der Waals surface area contributed by atoms with Crippen molar-refractivity contribution in [3.05, 3.63) is 34.3 Å². The summed E-state index contributed by atoms with van der Waals surface area (Å²) in [6, 6.07) is 7.67. The molecule has 0 unspecified atom stereocenters. The van der Waals surface area contributed by atoms with Crippen LogP contribution in [0.25, 0.3) is 6.08 Å². The average molecular weight is 352 g/mol. The van der Waals surface area contributed by atoms with Crippen LogP contribution in [0.2, 0.25) is 0 Å². The Morgan fingerprint density at radius 2 is 2.24 bits per heavy atom. The van der Waals surface area contributed by atoms with Gasteiger partial charge in [0, 0.05) is 10.5 Å². The summed E-state index contributed by atoms with van der Waals surface area (Å²) in [4.78, 5) is 10.5. The Hall–Kier alpha value is -1.80. The lowest BCUT2D eigenvalue weighted by Gasteiger charge is -2.15. The van der Waals surface area contributed by atoms with Crippen molar-refractivity contribution in [3.63, 3.8) is 0 Å². The summed E-state index contributed by atoms with van der Waals surface area (Å²) in [5.74, 6) is -0.315. The van der Waals surface area contributed by atoms with E-state index in [4.69, 9.17) is 15.1 Å². The van der Waals surface area contributed by atoms with E-state index < -0.39 is 5.97 Å². The number of ether oxygens (including phenoxy) is 1. The molecule has 0 aliphatic carbocycles. The van der Waals surface area contributed by atoms with Crippen LogP contribution in [-0.4, -0.2) is 17.7 Å². The molecule has 1 aromatic rings. The molecular weight excluding hydrogens is 334 g/mol. The molecule has 0 amide bonds. The maximum absolute atomic E-state index is 10.5. The largest absolute Gasteiger partial charge is 0.494 e. The lowest BCUT2D eigenvalue weighted by molar-refractivity contribution is -0.131. The van der Waals surface area contributed by atoms with Gasteiger partial charge in [-0.2, -0.15) is 5.26 Å². The van der Waals surface area contributed by atoms with E-state index in [-0.39, 0.29) is 5.41 Å². The second-order valence-corrected chi connectivity index (χ2v) is 6.16. The number of rotatable bonds is 7. The third-order valence-corrected chi connectivity index (χ3v) is 3.61. The van der Waals surface area contributed by atoms with Crippen LogP contribution in [0, 0.1) is 16.7 Å². The minimum absolute atomic E-state index is 0.335. The fraction of sp³-hybridized carbons (Fsp3) is 0.375. The van der Waals surface area contributed by atoms with E-state index in [1.807, 2.05) is 26.0 Å². The second kappa shape index (κ2) is 7.84. The Bertz CT molecular complexity index is 573. The highest BCUT2D eigenvalue weighted by atomic mass is 79.9. The summed E-state index contributed by atoms with van der Waals surface area (Å²) >= 11 is 3.36. The lowest BCUT2D eigenvalue weighted by atomic mass is 9.90. The zero-order chi connectivity index (χ0) is 15.9. The van der Waals surface area contributed by atoms with Gasteiger partial charge in [0.2, 0.25) is 0 Å². The van der Waals surface area contributed by atoms with Gasteiger partial charge in [-0.1, -0.05) is 15.9 Å². The van der Waals surface area contributed by atoms with E-state index in [0.29, 0.717) is 12.4 Å². The van der Waals surface area contributed by atoms with Crippen LogP contribution in [0.15, 0.2) is 28.7 Å². The van der Waals surface area contributed by atoms with Gasteiger partial charge in [0.25, 0.3) is 0 Å². The summed E-state index contributed by atoms with van der Waals surface area (Å²) in [5, 5.41) is 17.6. The minimum Gasteiger partial charge on any atom is -0.494 e. The molecule has 1 aromatic carbocycles. The smallest absolute Gasteiger partial charge is 0.328 e. The van der Waals surface area contributed by atoms with Crippen molar-refractivity contribution in [3.8, 4) is 11.8 Å². The summed E-state index contributed by atoms with van der Waals surface area (Å²) in [6.07, 6.45) is 4.15. The van der Waals surface area contributed by atoms with Crippen LogP contribution in [0.3, 0.4) is 0 Å². The summed E-state index contributed by atoms with van der Waals surface area (Å²) in [6.45, 7) is 4.33. The lowest BCUT2D eigenvalue weighted by Crippen LogP contribution is -2.10. The molecule has 0 bridgehead atoms. The fourth-order valence-electron chi connectivity index (χ4n) is 1.66. The molecule has 0 heterocycles. The Morgan fingerprint density at radius 3 is 2.86 bits per heavy atom. The molecule has 0 saturated heterocycles. The van der Waals surface area contributed by atoms with Crippen LogP contribution < -0.4 is 4.74 Å². The number of hydrogen-bond donors (Lipinski definition) is 1.